The summed E-state index contributed by atoms with van der Waals surface area (Å²) < 4.78 is 2.08. The van der Waals surface area contributed by atoms with E-state index in [1.165, 1.54) is 22.4 Å². The minimum atomic E-state index is 0.451. The lowest BCUT2D eigenvalue weighted by molar-refractivity contribution is 0.712. The topological polar surface area (TPSA) is 29.9 Å². The third kappa shape index (κ3) is 2.87. The van der Waals surface area contributed by atoms with Crippen molar-refractivity contribution in [3.05, 3.63) is 46.8 Å². The Morgan fingerprint density at radius 1 is 1.16 bits per heavy atom. The molecule has 0 amide bonds. The van der Waals surface area contributed by atoms with Crippen molar-refractivity contribution in [3.8, 4) is 5.69 Å². The molecular weight excluding hydrogens is 234 g/mol. The first-order valence-corrected chi connectivity index (χ1v) is 6.83. The summed E-state index contributed by atoms with van der Waals surface area (Å²) in [5, 5.41) is 7.80. The quantitative estimate of drug-likeness (QED) is 0.910. The summed E-state index contributed by atoms with van der Waals surface area (Å²) in [6.45, 7) is 9.55. The minimum absolute atomic E-state index is 0.451. The van der Waals surface area contributed by atoms with Gasteiger partial charge in [0.15, 0.2) is 0 Å². The van der Waals surface area contributed by atoms with Gasteiger partial charge in [-0.3, -0.25) is 0 Å². The number of aromatic nitrogens is 2. The number of nitrogens with one attached hydrogen (secondary N) is 1. The second kappa shape index (κ2) is 5.57. The van der Waals surface area contributed by atoms with Gasteiger partial charge in [-0.1, -0.05) is 19.9 Å². The van der Waals surface area contributed by atoms with Crippen LogP contribution in [-0.4, -0.2) is 16.8 Å². The van der Waals surface area contributed by atoms with E-state index >= 15 is 0 Å². The third-order valence-electron chi connectivity index (χ3n) is 3.25. The predicted molar refractivity (Wildman–Crippen MR) is 79.9 cm³/mol. The SMILES string of the molecule is CNCc1cnn(-c2cc(C)cc(C)c2)c1C(C)C. The highest BCUT2D eigenvalue weighted by Crippen LogP contribution is 2.24. The van der Waals surface area contributed by atoms with E-state index in [1.54, 1.807) is 0 Å². The van der Waals surface area contributed by atoms with Gasteiger partial charge in [0.05, 0.1) is 17.6 Å². The van der Waals surface area contributed by atoms with Gasteiger partial charge in [0.25, 0.3) is 0 Å². The summed E-state index contributed by atoms with van der Waals surface area (Å²) in [5.74, 6) is 0.451. The largest absolute Gasteiger partial charge is 0.316 e. The molecule has 19 heavy (non-hydrogen) atoms. The van der Waals surface area contributed by atoms with Crippen LogP contribution in [0.2, 0.25) is 0 Å². The van der Waals surface area contributed by atoms with Gasteiger partial charge in [0, 0.05) is 12.1 Å². The molecule has 0 aliphatic rings. The van der Waals surface area contributed by atoms with Crippen molar-refractivity contribution in [3.63, 3.8) is 0 Å². The molecule has 0 radical (unpaired) electrons. The van der Waals surface area contributed by atoms with Gasteiger partial charge in [-0.25, -0.2) is 4.68 Å². The molecule has 1 aromatic heterocycles. The van der Waals surface area contributed by atoms with Crippen LogP contribution in [0.1, 0.15) is 42.1 Å². The van der Waals surface area contributed by atoms with E-state index in [2.05, 4.69) is 61.0 Å². The molecule has 3 heteroatoms. The molecule has 0 atom stereocenters. The molecule has 1 N–H and O–H groups in total. The zero-order valence-corrected chi connectivity index (χ0v) is 12.5. The first-order valence-electron chi connectivity index (χ1n) is 6.83. The van der Waals surface area contributed by atoms with Crippen LogP contribution in [0.25, 0.3) is 5.69 Å². The molecule has 1 aromatic carbocycles. The summed E-state index contributed by atoms with van der Waals surface area (Å²) in [6, 6.07) is 6.57. The van der Waals surface area contributed by atoms with Crippen LogP contribution in [0.3, 0.4) is 0 Å². The van der Waals surface area contributed by atoms with Gasteiger partial charge >= 0.3 is 0 Å². The van der Waals surface area contributed by atoms with Crippen molar-refractivity contribution in [1.29, 1.82) is 0 Å². The molecule has 0 unspecified atom stereocenters. The zero-order chi connectivity index (χ0) is 14.0. The van der Waals surface area contributed by atoms with Crippen molar-refractivity contribution >= 4 is 0 Å². The van der Waals surface area contributed by atoms with Crippen LogP contribution in [0, 0.1) is 13.8 Å². The number of aryl methyl sites for hydroxylation is 2. The Labute approximate surface area is 115 Å². The van der Waals surface area contributed by atoms with E-state index < -0.39 is 0 Å². The maximum Gasteiger partial charge on any atom is 0.0654 e. The zero-order valence-electron chi connectivity index (χ0n) is 12.5. The summed E-state index contributed by atoms with van der Waals surface area (Å²) in [6.07, 6.45) is 1.98. The molecule has 3 nitrogen and oxygen atoms in total. The molecule has 0 aliphatic carbocycles. The number of nitrogens with zero attached hydrogens (tertiary/aromatic N) is 2. The van der Waals surface area contributed by atoms with Gasteiger partial charge in [-0.2, -0.15) is 5.10 Å². The van der Waals surface area contributed by atoms with Crippen molar-refractivity contribution in [2.75, 3.05) is 7.05 Å². The van der Waals surface area contributed by atoms with Crippen molar-refractivity contribution in [2.45, 2.75) is 40.2 Å². The van der Waals surface area contributed by atoms with E-state index in [1.807, 2.05) is 13.2 Å². The summed E-state index contributed by atoms with van der Waals surface area (Å²) in [7, 11) is 1.97. The predicted octanol–water partition coefficient (Wildman–Crippen LogP) is 3.33. The highest BCUT2D eigenvalue weighted by molar-refractivity contribution is 5.41. The average molecular weight is 257 g/mol. The Morgan fingerprint density at radius 2 is 1.79 bits per heavy atom. The number of hydrogen-bond donors (Lipinski definition) is 1. The van der Waals surface area contributed by atoms with E-state index in [0.29, 0.717) is 5.92 Å². The maximum absolute atomic E-state index is 4.59. The molecule has 102 valence electrons. The van der Waals surface area contributed by atoms with Gasteiger partial charge in [-0.05, 0) is 50.1 Å². The highest BCUT2D eigenvalue weighted by Gasteiger charge is 2.15. The van der Waals surface area contributed by atoms with E-state index in [9.17, 15) is 0 Å². The van der Waals surface area contributed by atoms with Crippen LogP contribution < -0.4 is 5.32 Å². The van der Waals surface area contributed by atoms with Crippen molar-refractivity contribution in [2.24, 2.45) is 0 Å². The minimum Gasteiger partial charge on any atom is -0.316 e. The third-order valence-corrected chi connectivity index (χ3v) is 3.25. The lowest BCUT2D eigenvalue weighted by Crippen LogP contribution is -2.10. The van der Waals surface area contributed by atoms with Gasteiger partial charge in [0.2, 0.25) is 0 Å². The number of benzene rings is 1. The average Bonchev–Trinajstić information content (AvgIpc) is 2.72. The highest BCUT2D eigenvalue weighted by atomic mass is 15.3. The maximum atomic E-state index is 4.59. The Morgan fingerprint density at radius 3 is 2.32 bits per heavy atom. The lowest BCUT2D eigenvalue weighted by Gasteiger charge is -2.14. The molecule has 2 aromatic rings. The van der Waals surface area contributed by atoms with Gasteiger partial charge < -0.3 is 5.32 Å². The Bertz CT molecular complexity index is 547. The fraction of sp³-hybridized carbons (Fsp3) is 0.438. The molecule has 0 saturated heterocycles. The molecular formula is C16H23N3. The molecule has 2 rings (SSSR count). The fourth-order valence-electron chi connectivity index (χ4n) is 2.61. The van der Waals surface area contributed by atoms with Crippen molar-refractivity contribution in [1.82, 2.24) is 15.1 Å². The van der Waals surface area contributed by atoms with Crippen LogP contribution in [0.5, 0.6) is 0 Å². The Kier molecular flexibility index (Phi) is 4.05. The van der Waals surface area contributed by atoms with Gasteiger partial charge in [-0.15, -0.1) is 0 Å². The molecule has 1 heterocycles. The monoisotopic (exact) mass is 257 g/mol. The van der Waals surface area contributed by atoms with Crippen molar-refractivity contribution < 1.29 is 0 Å². The summed E-state index contributed by atoms with van der Waals surface area (Å²) in [4.78, 5) is 0. The smallest absolute Gasteiger partial charge is 0.0654 e. The first kappa shape index (κ1) is 13.8. The van der Waals surface area contributed by atoms with Crippen LogP contribution in [0.15, 0.2) is 24.4 Å². The fourth-order valence-corrected chi connectivity index (χ4v) is 2.61. The lowest BCUT2D eigenvalue weighted by atomic mass is 10.0. The number of rotatable bonds is 4. The standard InChI is InChI=1S/C16H23N3/c1-11(2)16-14(9-17-5)10-18-19(16)15-7-12(3)6-13(4)8-15/h6-8,10-11,17H,9H2,1-5H3. The molecule has 0 saturated carbocycles. The van der Waals surface area contributed by atoms with Crippen LogP contribution in [0.4, 0.5) is 0 Å². The Balaban J connectivity index is 2.55. The summed E-state index contributed by atoms with van der Waals surface area (Å²) in [5.41, 5.74) is 6.27. The molecule has 0 bridgehead atoms. The number of hydrogen-bond acceptors (Lipinski definition) is 2. The van der Waals surface area contributed by atoms with E-state index in [-0.39, 0.29) is 0 Å². The van der Waals surface area contributed by atoms with Gasteiger partial charge in [0.1, 0.15) is 0 Å². The van der Waals surface area contributed by atoms with Crippen LogP contribution >= 0.6 is 0 Å². The first-order chi connectivity index (χ1) is 9.02. The van der Waals surface area contributed by atoms with Crippen LogP contribution in [-0.2, 0) is 6.54 Å². The van der Waals surface area contributed by atoms with E-state index in [4.69, 9.17) is 0 Å². The molecule has 0 spiro atoms. The van der Waals surface area contributed by atoms with E-state index in [0.717, 1.165) is 12.2 Å². The molecule has 0 fully saturated rings. The second-order valence-corrected chi connectivity index (χ2v) is 5.50. The molecule has 0 aliphatic heterocycles. The summed E-state index contributed by atoms with van der Waals surface area (Å²) >= 11 is 0. The normalized spacial score (nSPS) is 11.3. The Hall–Kier alpha value is -1.61. The second-order valence-electron chi connectivity index (χ2n) is 5.50.